The lowest BCUT2D eigenvalue weighted by Gasteiger charge is -2.41. The zero-order chi connectivity index (χ0) is 25.5. The molecular formula is C34H34OP2. The molecule has 1 aliphatic carbocycles. The fourth-order valence-electron chi connectivity index (χ4n) is 5.15. The van der Waals surface area contributed by atoms with Crippen molar-refractivity contribution in [3.63, 3.8) is 0 Å². The SMILES string of the molecule is CC(CP(c1ccccc1)c1ccccc1)(CP(c1ccccc1)c1ccccc1)C(O)C1=CC=CC1. The molecule has 0 aliphatic heterocycles. The first kappa shape index (κ1) is 25.8. The Hall–Kier alpha value is -2.82. The normalized spacial score (nSPS) is 14.2. The van der Waals surface area contributed by atoms with E-state index in [1.165, 1.54) is 21.2 Å². The quantitative estimate of drug-likeness (QED) is 0.237. The number of aliphatic hydroxyl groups excluding tert-OH is 1. The number of hydrogen-bond acceptors (Lipinski definition) is 1. The maximum Gasteiger partial charge on any atom is 0.0816 e. The van der Waals surface area contributed by atoms with Gasteiger partial charge in [0, 0.05) is 5.41 Å². The Bertz CT molecular complexity index is 1150. The molecule has 4 aromatic carbocycles. The van der Waals surface area contributed by atoms with Crippen molar-refractivity contribution in [2.45, 2.75) is 19.4 Å². The van der Waals surface area contributed by atoms with Crippen molar-refractivity contribution < 1.29 is 5.11 Å². The molecule has 5 rings (SSSR count). The number of benzene rings is 4. The minimum atomic E-state index is -0.651. The van der Waals surface area contributed by atoms with Crippen LogP contribution in [0.1, 0.15) is 13.3 Å². The van der Waals surface area contributed by atoms with Crippen molar-refractivity contribution in [1.29, 1.82) is 0 Å². The maximum atomic E-state index is 12.1. The predicted octanol–water partition coefficient (Wildman–Crippen LogP) is 6.51. The third-order valence-corrected chi connectivity index (χ3v) is 12.9. The summed E-state index contributed by atoms with van der Waals surface area (Å²) in [4.78, 5) is 0. The van der Waals surface area contributed by atoms with Crippen LogP contribution >= 0.6 is 15.8 Å². The third-order valence-electron chi connectivity index (χ3n) is 7.12. The maximum absolute atomic E-state index is 12.1. The summed E-state index contributed by atoms with van der Waals surface area (Å²) in [6, 6.07) is 43.6. The van der Waals surface area contributed by atoms with Gasteiger partial charge in [-0.15, -0.1) is 0 Å². The first-order valence-electron chi connectivity index (χ1n) is 12.9. The van der Waals surface area contributed by atoms with Crippen molar-refractivity contribution in [2.24, 2.45) is 5.41 Å². The van der Waals surface area contributed by atoms with Crippen LogP contribution in [0.2, 0.25) is 0 Å². The monoisotopic (exact) mass is 520 g/mol. The van der Waals surface area contributed by atoms with E-state index in [0.717, 1.165) is 24.3 Å². The Morgan fingerprint density at radius 2 is 0.973 bits per heavy atom. The third kappa shape index (κ3) is 6.19. The van der Waals surface area contributed by atoms with E-state index < -0.39 is 21.9 Å². The Balaban J connectivity index is 1.59. The molecule has 0 saturated carbocycles. The second-order valence-corrected chi connectivity index (χ2v) is 14.4. The number of aliphatic hydroxyl groups is 1. The summed E-state index contributed by atoms with van der Waals surface area (Å²) in [6.07, 6.45) is 8.56. The van der Waals surface area contributed by atoms with Gasteiger partial charge in [-0.3, -0.25) is 0 Å². The van der Waals surface area contributed by atoms with E-state index in [4.69, 9.17) is 0 Å². The molecule has 1 aliphatic rings. The van der Waals surface area contributed by atoms with Gasteiger partial charge in [0.05, 0.1) is 6.10 Å². The Morgan fingerprint density at radius 1 is 0.622 bits per heavy atom. The molecule has 0 spiro atoms. The highest BCUT2D eigenvalue weighted by molar-refractivity contribution is 7.74. The summed E-state index contributed by atoms with van der Waals surface area (Å²) in [5, 5.41) is 17.5. The summed E-state index contributed by atoms with van der Waals surface area (Å²) in [5.41, 5.74) is 0.821. The lowest BCUT2D eigenvalue weighted by Crippen LogP contribution is -2.42. The van der Waals surface area contributed by atoms with Crippen molar-refractivity contribution in [1.82, 2.24) is 0 Å². The van der Waals surface area contributed by atoms with Crippen LogP contribution in [-0.4, -0.2) is 23.5 Å². The summed E-state index contributed by atoms with van der Waals surface area (Å²) in [7, 11) is -1.30. The smallest absolute Gasteiger partial charge is 0.0816 e. The van der Waals surface area contributed by atoms with Gasteiger partial charge in [-0.1, -0.05) is 146 Å². The minimum absolute atomic E-state index is 0.313. The molecule has 1 unspecified atom stereocenters. The van der Waals surface area contributed by atoms with E-state index in [0.29, 0.717) is 0 Å². The van der Waals surface area contributed by atoms with Crippen molar-refractivity contribution in [3.8, 4) is 0 Å². The van der Waals surface area contributed by atoms with Gasteiger partial charge in [-0.05, 0) is 61.4 Å². The fraction of sp³-hybridized carbons (Fsp3) is 0.176. The Morgan fingerprint density at radius 3 is 1.27 bits per heavy atom. The van der Waals surface area contributed by atoms with E-state index in [9.17, 15) is 5.11 Å². The number of rotatable bonds is 10. The van der Waals surface area contributed by atoms with E-state index in [1.807, 2.05) is 0 Å². The van der Waals surface area contributed by atoms with Crippen LogP contribution in [0.25, 0.3) is 0 Å². The molecule has 1 N–H and O–H groups in total. The summed E-state index contributed by atoms with van der Waals surface area (Å²) in [5.74, 6) is 0. The van der Waals surface area contributed by atoms with Gasteiger partial charge in [0.15, 0.2) is 0 Å². The molecule has 0 bridgehead atoms. The second-order valence-electron chi connectivity index (χ2n) is 9.94. The van der Waals surface area contributed by atoms with Crippen LogP contribution in [0.3, 0.4) is 0 Å². The fourth-order valence-corrected chi connectivity index (χ4v) is 10.8. The van der Waals surface area contributed by atoms with Crippen LogP contribution in [0.5, 0.6) is 0 Å². The molecule has 4 aromatic rings. The topological polar surface area (TPSA) is 20.2 Å². The zero-order valence-electron chi connectivity index (χ0n) is 21.3. The average molecular weight is 521 g/mol. The van der Waals surface area contributed by atoms with Crippen LogP contribution in [-0.2, 0) is 0 Å². The average Bonchev–Trinajstić information content (AvgIpc) is 3.51. The van der Waals surface area contributed by atoms with Crippen molar-refractivity contribution in [3.05, 3.63) is 145 Å². The molecule has 186 valence electrons. The molecule has 3 heteroatoms. The highest BCUT2D eigenvalue weighted by Gasteiger charge is 2.40. The lowest BCUT2D eigenvalue weighted by molar-refractivity contribution is 0.0993. The lowest BCUT2D eigenvalue weighted by atomic mass is 9.83. The Kier molecular flexibility index (Phi) is 8.48. The van der Waals surface area contributed by atoms with Gasteiger partial charge in [0.1, 0.15) is 0 Å². The molecular weight excluding hydrogens is 486 g/mol. The standard InChI is InChI=1S/C34H34OP2/c1-34(33(35)28-16-14-15-17-28,26-36(29-18-6-2-7-19-29)30-20-8-3-9-21-30)27-37(31-22-10-4-11-23-31)32-24-12-5-13-25-32/h2-16,18-25,33,35H,17,26-27H2,1H3. The molecule has 1 nitrogen and oxygen atoms in total. The minimum Gasteiger partial charge on any atom is -0.388 e. The van der Waals surface area contributed by atoms with Crippen molar-refractivity contribution in [2.75, 3.05) is 12.3 Å². The summed E-state index contributed by atoms with van der Waals surface area (Å²) >= 11 is 0. The molecule has 0 amide bonds. The zero-order valence-corrected chi connectivity index (χ0v) is 23.1. The van der Waals surface area contributed by atoms with E-state index in [2.05, 4.69) is 146 Å². The number of allylic oxidation sites excluding steroid dienone is 3. The largest absolute Gasteiger partial charge is 0.388 e. The van der Waals surface area contributed by atoms with Gasteiger partial charge in [0.25, 0.3) is 0 Å². The molecule has 1 atom stereocenters. The highest BCUT2D eigenvalue weighted by atomic mass is 31.1. The molecule has 0 saturated heterocycles. The highest BCUT2D eigenvalue weighted by Crippen LogP contribution is 2.50. The second kappa shape index (κ2) is 12.1. The Labute approximate surface area is 224 Å². The van der Waals surface area contributed by atoms with Gasteiger partial charge >= 0.3 is 0 Å². The van der Waals surface area contributed by atoms with Crippen LogP contribution in [0.4, 0.5) is 0 Å². The molecule has 0 fully saturated rings. The summed E-state index contributed by atoms with van der Waals surface area (Å²) in [6.45, 7) is 2.33. The van der Waals surface area contributed by atoms with Gasteiger partial charge < -0.3 is 5.11 Å². The van der Waals surface area contributed by atoms with E-state index in [-0.39, 0.29) is 5.41 Å². The van der Waals surface area contributed by atoms with Crippen LogP contribution in [0.15, 0.2) is 145 Å². The molecule has 0 heterocycles. The van der Waals surface area contributed by atoms with Gasteiger partial charge in [-0.25, -0.2) is 0 Å². The van der Waals surface area contributed by atoms with E-state index in [1.54, 1.807) is 0 Å². The molecule has 0 aromatic heterocycles. The van der Waals surface area contributed by atoms with Gasteiger partial charge in [-0.2, -0.15) is 0 Å². The number of hydrogen-bond donors (Lipinski definition) is 1. The molecule has 0 radical (unpaired) electrons. The summed E-state index contributed by atoms with van der Waals surface area (Å²) < 4.78 is 0. The van der Waals surface area contributed by atoms with Crippen LogP contribution < -0.4 is 21.2 Å². The van der Waals surface area contributed by atoms with Crippen molar-refractivity contribution >= 4 is 37.1 Å². The van der Waals surface area contributed by atoms with Crippen LogP contribution in [0, 0.1) is 5.41 Å². The van der Waals surface area contributed by atoms with Gasteiger partial charge in [0.2, 0.25) is 0 Å². The van der Waals surface area contributed by atoms with E-state index >= 15 is 0 Å². The first-order chi connectivity index (χ1) is 18.1. The predicted molar refractivity (Wildman–Crippen MR) is 164 cm³/mol. The molecule has 37 heavy (non-hydrogen) atoms. The first-order valence-corrected chi connectivity index (χ1v) is 16.0.